The second-order valence-corrected chi connectivity index (χ2v) is 11.8. The van der Waals surface area contributed by atoms with Gasteiger partial charge in [0.25, 0.3) is 5.91 Å². The SMILES string of the molecule is C[N+](C)(CCCNC(=O)C(F)(F)C(F)(F)C(F)(F)C(F)(F)C(F)(F)C(F)(F)C(F)(F)C(F)(F)C(F)(F)C(F)(F)C(F)(F)C(F)(F)C(F)(F)C(F)(F)F)CC(=O)O. The summed E-state index contributed by atoms with van der Waals surface area (Å²) in [7, 11) is 2.08. The summed E-state index contributed by atoms with van der Waals surface area (Å²) in [6, 6.07) is 0. The number of likely N-dealkylation sites (N-methyl/N-ethyl adjacent to an activating group) is 1. The number of nitrogens with zero attached hydrogens (tertiary/aromatic N) is 1. The van der Waals surface area contributed by atoms with Crippen molar-refractivity contribution in [2.24, 2.45) is 0 Å². The second-order valence-electron chi connectivity index (χ2n) is 11.8. The Hall–Kier alpha value is -3.13. The topological polar surface area (TPSA) is 66.4 Å². The van der Waals surface area contributed by atoms with Gasteiger partial charge < -0.3 is 14.9 Å². The van der Waals surface area contributed by atoms with Crippen LogP contribution in [0.2, 0.25) is 0 Å². The molecule has 0 saturated carbocycles. The average Bonchev–Trinajstić information content (AvgIpc) is 2.96. The minimum absolute atomic E-state index is 0.525. The Morgan fingerprint density at radius 3 is 0.893 bits per heavy atom. The zero-order valence-corrected chi connectivity index (χ0v) is 26.0. The van der Waals surface area contributed by atoms with Crippen molar-refractivity contribution in [3.63, 3.8) is 0 Å². The van der Waals surface area contributed by atoms with Gasteiger partial charge in [0.15, 0.2) is 6.54 Å². The van der Waals surface area contributed by atoms with Crippen molar-refractivity contribution in [3.05, 3.63) is 0 Å². The van der Waals surface area contributed by atoms with Crippen molar-refractivity contribution < 1.29 is 147 Å². The van der Waals surface area contributed by atoms with Crippen LogP contribution in [-0.4, -0.2) is 138 Å². The third-order valence-corrected chi connectivity index (χ3v) is 7.16. The summed E-state index contributed by atoms with van der Waals surface area (Å²) in [6.45, 7) is -2.91. The molecule has 0 aliphatic carbocycles. The van der Waals surface area contributed by atoms with Gasteiger partial charge in [0.1, 0.15) is 0 Å². The first-order chi connectivity index (χ1) is 23.8. The summed E-state index contributed by atoms with van der Waals surface area (Å²) in [6.07, 6.45) is -9.19. The molecule has 2 N–H and O–H groups in total. The van der Waals surface area contributed by atoms with E-state index in [0.717, 1.165) is 14.1 Å². The van der Waals surface area contributed by atoms with Crippen LogP contribution < -0.4 is 5.32 Å². The molecule has 0 aromatic carbocycles. The zero-order valence-electron chi connectivity index (χ0n) is 26.0. The monoisotopic (exact) mass is 907 g/mol. The van der Waals surface area contributed by atoms with Crippen LogP contribution in [0.5, 0.6) is 0 Å². The molecule has 0 aliphatic rings. The average molecular weight is 907 g/mol. The van der Waals surface area contributed by atoms with Gasteiger partial charge in [-0.3, -0.25) is 4.79 Å². The number of carboxylic acid groups (broad SMARTS) is 1. The van der Waals surface area contributed by atoms with Crippen molar-refractivity contribution in [1.82, 2.24) is 5.32 Å². The number of alkyl halides is 29. The Labute approximate surface area is 288 Å². The van der Waals surface area contributed by atoms with Crippen molar-refractivity contribution in [2.75, 3.05) is 33.7 Å². The van der Waals surface area contributed by atoms with Crippen LogP contribution in [0.25, 0.3) is 0 Å². The van der Waals surface area contributed by atoms with Crippen molar-refractivity contribution in [2.45, 2.75) is 89.6 Å². The van der Waals surface area contributed by atoms with E-state index in [-0.39, 0.29) is 0 Å². The second kappa shape index (κ2) is 14.0. The van der Waals surface area contributed by atoms with E-state index in [1.807, 2.05) is 0 Å². The van der Waals surface area contributed by atoms with Crippen molar-refractivity contribution in [3.8, 4) is 0 Å². The number of halogens is 29. The van der Waals surface area contributed by atoms with E-state index in [4.69, 9.17) is 5.11 Å². The highest BCUT2D eigenvalue weighted by Crippen LogP contribution is 2.69. The first kappa shape index (κ1) is 52.9. The molecule has 0 aromatic rings. The maximum atomic E-state index is 14.1. The molecule has 0 spiro atoms. The predicted octanol–water partition coefficient (Wildman–Crippen LogP) is 8.47. The quantitative estimate of drug-likeness (QED) is 0.0778. The number of quaternary nitrogens is 1. The molecule has 0 heterocycles. The van der Waals surface area contributed by atoms with E-state index in [2.05, 4.69) is 0 Å². The van der Waals surface area contributed by atoms with Gasteiger partial charge in [0, 0.05) is 13.0 Å². The zero-order chi connectivity index (χ0) is 46.2. The molecular formula is C22H16F29N2O3+. The first-order valence-electron chi connectivity index (χ1n) is 13.1. The minimum Gasteiger partial charge on any atom is -0.477 e. The fourth-order valence-electron chi connectivity index (χ4n) is 3.75. The minimum atomic E-state index is -10.0. The van der Waals surface area contributed by atoms with E-state index in [1.165, 1.54) is 0 Å². The summed E-state index contributed by atoms with van der Waals surface area (Å²) < 4.78 is 394. The molecule has 334 valence electrons. The molecule has 56 heavy (non-hydrogen) atoms. The Morgan fingerprint density at radius 1 is 0.429 bits per heavy atom. The normalized spacial score (nSPS) is 16.3. The number of carboxylic acids is 1. The highest BCUT2D eigenvalue weighted by molar-refractivity contribution is 5.84. The molecule has 0 unspecified atom stereocenters. The van der Waals surface area contributed by atoms with Gasteiger partial charge in [-0.1, -0.05) is 0 Å². The van der Waals surface area contributed by atoms with E-state index >= 15 is 0 Å². The van der Waals surface area contributed by atoms with Gasteiger partial charge in [-0.2, -0.15) is 127 Å². The number of hydrogen-bond acceptors (Lipinski definition) is 2. The number of amides is 1. The summed E-state index contributed by atoms with van der Waals surface area (Å²) in [5.74, 6) is -128. The fraction of sp³-hybridized carbons (Fsp3) is 0.909. The molecule has 0 bridgehead atoms. The summed E-state index contributed by atoms with van der Waals surface area (Å²) in [5, 5.41) is 9.17. The largest absolute Gasteiger partial charge is 0.477 e. The number of nitrogens with one attached hydrogen (secondary N) is 1. The number of hydrogen-bond donors (Lipinski definition) is 2. The van der Waals surface area contributed by atoms with Gasteiger partial charge in [-0.15, -0.1) is 0 Å². The highest BCUT2D eigenvalue weighted by Gasteiger charge is 3.01. The third-order valence-electron chi connectivity index (χ3n) is 7.16. The Kier molecular flexibility index (Phi) is 13.2. The number of aliphatic carboxylic acids is 1. The fourth-order valence-corrected chi connectivity index (χ4v) is 3.75. The van der Waals surface area contributed by atoms with Crippen LogP contribution in [0.3, 0.4) is 0 Å². The molecule has 34 heteroatoms. The lowest BCUT2D eigenvalue weighted by Gasteiger charge is -2.46. The molecule has 0 aromatic heterocycles. The van der Waals surface area contributed by atoms with Crippen LogP contribution in [0.4, 0.5) is 127 Å². The van der Waals surface area contributed by atoms with E-state index in [9.17, 15) is 137 Å². The number of carbonyl (C=O) groups excluding carboxylic acids is 1. The van der Waals surface area contributed by atoms with Gasteiger partial charge >= 0.3 is 89.1 Å². The van der Waals surface area contributed by atoms with E-state index in [1.54, 1.807) is 0 Å². The lowest BCUT2D eigenvalue weighted by molar-refractivity contribution is -0.883. The van der Waals surface area contributed by atoms with Crippen LogP contribution >= 0.6 is 0 Å². The summed E-state index contributed by atoms with van der Waals surface area (Å²) >= 11 is 0. The summed E-state index contributed by atoms with van der Waals surface area (Å²) in [4.78, 5) is 22.1. The van der Waals surface area contributed by atoms with Crippen LogP contribution in [0.1, 0.15) is 6.42 Å². The molecule has 0 atom stereocenters. The molecule has 0 aliphatic heterocycles. The third kappa shape index (κ3) is 7.17. The molecule has 5 nitrogen and oxygen atoms in total. The maximum absolute atomic E-state index is 14.1. The first-order valence-corrected chi connectivity index (χ1v) is 13.1. The Bertz CT molecular complexity index is 1450. The Balaban J connectivity index is 7.18. The maximum Gasteiger partial charge on any atom is 0.460 e. The number of carbonyl (C=O) groups is 2. The van der Waals surface area contributed by atoms with Gasteiger partial charge in [-0.25, -0.2) is 4.79 Å². The molecule has 0 fully saturated rings. The van der Waals surface area contributed by atoms with Crippen molar-refractivity contribution in [1.29, 1.82) is 0 Å². The standard InChI is InChI=1S/C22H15F29N2O3/c1-53(2,6-7(54)55)5-3-4-52-8(56)9(23,24)10(25,26)11(27,28)12(29,30)13(31,32)14(33,34)15(35,36)16(37,38)17(39,40)18(41,42)19(43,44)20(45,46)21(47,48)22(49,50)51/h3-6H2,1-2H3,(H-,52,54,55,56)/p+1. The highest BCUT2D eigenvalue weighted by atomic mass is 19.4. The molecular weight excluding hydrogens is 891 g/mol. The number of rotatable bonds is 19. The lowest BCUT2D eigenvalue weighted by atomic mass is 9.83. The lowest BCUT2D eigenvalue weighted by Crippen LogP contribution is -2.79. The van der Waals surface area contributed by atoms with Crippen LogP contribution in [0, 0.1) is 0 Å². The van der Waals surface area contributed by atoms with Crippen molar-refractivity contribution >= 4 is 11.9 Å². The van der Waals surface area contributed by atoms with Gasteiger partial charge in [0.2, 0.25) is 0 Å². The predicted molar refractivity (Wildman–Crippen MR) is 117 cm³/mol. The Morgan fingerprint density at radius 2 is 0.661 bits per heavy atom. The molecule has 0 saturated heterocycles. The van der Waals surface area contributed by atoms with Crippen LogP contribution in [0.15, 0.2) is 0 Å². The molecule has 0 radical (unpaired) electrons. The smallest absolute Gasteiger partial charge is 0.460 e. The van der Waals surface area contributed by atoms with E-state index < -0.39 is 126 Å². The summed E-state index contributed by atoms with van der Waals surface area (Å²) in [5.41, 5.74) is 0. The molecule has 0 rings (SSSR count). The van der Waals surface area contributed by atoms with Crippen LogP contribution in [-0.2, 0) is 9.59 Å². The van der Waals surface area contributed by atoms with Gasteiger partial charge in [0.05, 0.1) is 20.6 Å². The van der Waals surface area contributed by atoms with Gasteiger partial charge in [-0.05, 0) is 0 Å². The van der Waals surface area contributed by atoms with E-state index in [0.29, 0.717) is 5.32 Å². The molecule has 1 amide bonds.